The van der Waals surface area contributed by atoms with E-state index >= 15 is 0 Å². The first-order valence-corrected chi connectivity index (χ1v) is 6.45. The highest BCUT2D eigenvalue weighted by Gasteiger charge is 2.21. The van der Waals surface area contributed by atoms with Gasteiger partial charge in [0.25, 0.3) is 0 Å². The molecule has 1 amide bonds. The van der Waals surface area contributed by atoms with Crippen molar-refractivity contribution in [3.63, 3.8) is 0 Å². The van der Waals surface area contributed by atoms with Crippen LogP contribution in [-0.4, -0.2) is 20.1 Å². The topological polar surface area (TPSA) is 73.6 Å². The lowest BCUT2D eigenvalue weighted by Crippen LogP contribution is -2.21. The average Bonchev–Trinajstić information content (AvgIpc) is 2.35. The predicted octanol–water partition coefficient (Wildman–Crippen LogP) is 2.41. The number of methoxy groups -OCH3 is 2. The minimum absolute atomic E-state index is 0.00335. The van der Waals surface area contributed by atoms with E-state index in [0.717, 1.165) is 12.8 Å². The van der Waals surface area contributed by atoms with Gasteiger partial charge in [-0.25, -0.2) is 0 Å². The number of nitrogens with one attached hydrogen (secondary N) is 1. The molecule has 0 aliphatic heterocycles. The smallest absolute Gasteiger partial charge is 0.224 e. The fraction of sp³-hybridized carbons (Fsp3) is 0.500. The molecule has 0 spiro atoms. The van der Waals surface area contributed by atoms with E-state index in [1.165, 1.54) is 6.42 Å². The molecule has 104 valence electrons. The maximum atomic E-state index is 11.9. The molecular weight excluding hydrogens is 244 g/mol. The molecule has 0 bridgehead atoms. The summed E-state index contributed by atoms with van der Waals surface area (Å²) < 4.78 is 10.3. The van der Waals surface area contributed by atoms with Crippen molar-refractivity contribution in [3.05, 3.63) is 12.1 Å². The molecule has 0 unspecified atom stereocenters. The molecule has 1 aromatic carbocycles. The van der Waals surface area contributed by atoms with Gasteiger partial charge in [0, 0.05) is 18.6 Å². The normalized spacial score (nSPS) is 14.6. The summed E-state index contributed by atoms with van der Waals surface area (Å²) in [5.74, 6) is 1.64. The van der Waals surface area contributed by atoms with Crippen LogP contribution in [0.4, 0.5) is 11.4 Å². The fourth-order valence-corrected chi connectivity index (χ4v) is 2.16. The number of hydrogen-bond donors (Lipinski definition) is 2. The Morgan fingerprint density at radius 2 is 1.95 bits per heavy atom. The fourth-order valence-electron chi connectivity index (χ4n) is 2.16. The summed E-state index contributed by atoms with van der Waals surface area (Å²) >= 11 is 0. The SMILES string of the molecule is COc1cc(N)c(NC(=O)CC2CCC2)cc1OC. The molecular formula is C14H20N2O3. The zero-order chi connectivity index (χ0) is 13.8. The van der Waals surface area contributed by atoms with E-state index in [2.05, 4.69) is 5.32 Å². The number of carbonyl (C=O) groups excluding carboxylic acids is 1. The first kappa shape index (κ1) is 13.5. The summed E-state index contributed by atoms with van der Waals surface area (Å²) in [5.41, 5.74) is 6.94. The van der Waals surface area contributed by atoms with Crippen molar-refractivity contribution < 1.29 is 14.3 Å². The average molecular weight is 264 g/mol. The lowest BCUT2D eigenvalue weighted by atomic mass is 9.83. The number of rotatable bonds is 5. The summed E-state index contributed by atoms with van der Waals surface area (Å²) in [4.78, 5) is 11.9. The van der Waals surface area contributed by atoms with E-state index in [0.29, 0.717) is 35.2 Å². The van der Waals surface area contributed by atoms with Crippen molar-refractivity contribution >= 4 is 17.3 Å². The molecule has 1 aliphatic carbocycles. The van der Waals surface area contributed by atoms with Crippen LogP contribution in [0, 0.1) is 5.92 Å². The Balaban J connectivity index is 2.08. The Morgan fingerprint density at radius 3 is 2.47 bits per heavy atom. The Kier molecular flexibility index (Phi) is 4.14. The van der Waals surface area contributed by atoms with Crippen molar-refractivity contribution in [2.75, 3.05) is 25.3 Å². The van der Waals surface area contributed by atoms with Crippen molar-refractivity contribution in [1.29, 1.82) is 0 Å². The van der Waals surface area contributed by atoms with Crippen LogP contribution in [0.5, 0.6) is 11.5 Å². The predicted molar refractivity (Wildman–Crippen MR) is 74.5 cm³/mol. The van der Waals surface area contributed by atoms with Crippen LogP contribution >= 0.6 is 0 Å². The Bertz CT molecular complexity index is 470. The quantitative estimate of drug-likeness (QED) is 0.801. The zero-order valence-corrected chi connectivity index (χ0v) is 11.4. The van der Waals surface area contributed by atoms with E-state index in [1.54, 1.807) is 26.4 Å². The molecule has 5 nitrogen and oxygen atoms in total. The first-order valence-electron chi connectivity index (χ1n) is 6.45. The highest BCUT2D eigenvalue weighted by molar-refractivity contribution is 5.94. The summed E-state index contributed by atoms with van der Waals surface area (Å²) in [6, 6.07) is 3.34. The van der Waals surface area contributed by atoms with Gasteiger partial charge in [-0.05, 0) is 18.8 Å². The third kappa shape index (κ3) is 3.10. The van der Waals surface area contributed by atoms with Crippen LogP contribution in [-0.2, 0) is 4.79 Å². The highest BCUT2D eigenvalue weighted by atomic mass is 16.5. The molecule has 19 heavy (non-hydrogen) atoms. The maximum Gasteiger partial charge on any atom is 0.224 e. The number of ether oxygens (including phenoxy) is 2. The van der Waals surface area contributed by atoms with Crippen LogP contribution in [0.1, 0.15) is 25.7 Å². The standard InChI is InChI=1S/C14H20N2O3/c1-18-12-7-10(15)11(8-13(12)19-2)16-14(17)6-9-4-3-5-9/h7-9H,3-6,15H2,1-2H3,(H,16,17). The van der Waals surface area contributed by atoms with Crippen LogP contribution in [0.3, 0.4) is 0 Å². The zero-order valence-electron chi connectivity index (χ0n) is 11.4. The monoisotopic (exact) mass is 264 g/mol. The van der Waals surface area contributed by atoms with Crippen LogP contribution in [0.2, 0.25) is 0 Å². The lowest BCUT2D eigenvalue weighted by molar-refractivity contribution is -0.117. The Hall–Kier alpha value is -1.91. The van der Waals surface area contributed by atoms with Crippen molar-refractivity contribution in [2.45, 2.75) is 25.7 Å². The van der Waals surface area contributed by atoms with Crippen LogP contribution < -0.4 is 20.5 Å². The molecule has 1 fully saturated rings. The number of benzene rings is 1. The van der Waals surface area contributed by atoms with Crippen LogP contribution in [0.25, 0.3) is 0 Å². The maximum absolute atomic E-state index is 11.9. The number of carbonyl (C=O) groups is 1. The number of nitrogen functional groups attached to an aromatic ring is 1. The minimum atomic E-state index is 0.00335. The number of hydrogen-bond acceptors (Lipinski definition) is 4. The second-order valence-electron chi connectivity index (χ2n) is 4.84. The van der Waals surface area contributed by atoms with Crippen LogP contribution in [0.15, 0.2) is 12.1 Å². The number of nitrogens with two attached hydrogens (primary N) is 1. The van der Waals surface area contributed by atoms with E-state index in [9.17, 15) is 4.79 Å². The van der Waals surface area contributed by atoms with Gasteiger partial charge in [-0.15, -0.1) is 0 Å². The minimum Gasteiger partial charge on any atom is -0.493 e. The number of anilines is 2. The summed E-state index contributed by atoms with van der Waals surface area (Å²) in [6.07, 6.45) is 4.09. The third-order valence-corrected chi connectivity index (χ3v) is 3.53. The van der Waals surface area contributed by atoms with Crippen molar-refractivity contribution in [3.8, 4) is 11.5 Å². The molecule has 0 aromatic heterocycles. The van der Waals surface area contributed by atoms with Gasteiger partial charge in [0.05, 0.1) is 25.6 Å². The molecule has 0 saturated heterocycles. The van der Waals surface area contributed by atoms with Gasteiger partial charge in [-0.1, -0.05) is 6.42 Å². The second kappa shape index (κ2) is 5.82. The van der Waals surface area contributed by atoms with E-state index in [4.69, 9.17) is 15.2 Å². The molecule has 0 atom stereocenters. The van der Waals surface area contributed by atoms with Gasteiger partial charge in [0.2, 0.25) is 5.91 Å². The summed E-state index contributed by atoms with van der Waals surface area (Å²) in [5, 5.41) is 2.84. The molecule has 5 heteroatoms. The summed E-state index contributed by atoms with van der Waals surface area (Å²) in [7, 11) is 3.10. The van der Waals surface area contributed by atoms with E-state index < -0.39 is 0 Å². The van der Waals surface area contributed by atoms with E-state index in [-0.39, 0.29) is 5.91 Å². The molecule has 1 aromatic rings. The van der Waals surface area contributed by atoms with Gasteiger partial charge >= 0.3 is 0 Å². The number of amides is 1. The molecule has 1 aliphatic rings. The van der Waals surface area contributed by atoms with Crippen molar-refractivity contribution in [1.82, 2.24) is 0 Å². The van der Waals surface area contributed by atoms with Crippen molar-refractivity contribution in [2.24, 2.45) is 5.92 Å². The Morgan fingerprint density at radius 1 is 1.32 bits per heavy atom. The molecule has 3 N–H and O–H groups in total. The largest absolute Gasteiger partial charge is 0.493 e. The third-order valence-electron chi connectivity index (χ3n) is 3.53. The molecule has 0 heterocycles. The molecule has 2 rings (SSSR count). The first-order chi connectivity index (χ1) is 9.13. The lowest BCUT2D eigenvalue weighted by Gasteiger charge is -2.24. The summed E-state index contributed by atoms with van der Waals surface area (Å²) in [6.45, 7) is 0. The van der Waals surface area contributed by atoms with Gasteiger partial charge in [-0.2, -0.15) is 0 Å². The van der Waals surface area contributed by atoms with Gasteiger partial charge in [-0.3, -0.25) is 4.79 Å². The second-order valence-corrected chi connectivity index (χ2v) is 4.84. The highest BCUT2D eigenvalue weighted by Crippen LogP contribution is 2.35. The van der Waals surface area contributed by atoms with E-state index in [1.807, 2.05) is 0 Å². The van der Waals surface area contributed by atoms with Gasteiger partial charge in [0.15, 0.2) is 11.5 Å². The molecule has 1 saturated carbocycles. The molecule has 0 radical (unpaired) electrons. The Labute approximate surface area is 113 Å². The van der Waals surface area contributed by atoms with Gasteiger partial charge < -0.3 is 20.5 Å². The van der Waals surface area contributed by atoms with Gasteiger partial charge in [0.1, 0.15) is 0 Å².